The average Bonchev–Trinajstić information content (AvgIpc) is 3.14. The highest BCUT2D eigenvalue weighted by Gasteiger charge is 2.22. The van der Waals surface area contributed by atoms with E-state index in [-0.39, 0.29) is 5.91 Å². The summed E-state index contributed by atoms with van der Waals surface area (Å²) in [6.45, 7) is 8.55. The van der Waals surface area contributed by atoms with Gasteiger partial charge in [-0.25, -0.2) is 4.98 Å². The van der Waals surface area contributed by atoms with Gasteiger partial charge in [0.05, 0.1) is 31.0 Å². The topological polar surface area (TPSA) is 67.4 Å². The average molecular weight is 389 g/mol. The fourth-order valence-electron chi connectivity index (χ4n) is 3.30. The number of hydrogen-bond donors (Lipinski definition) is 1. The Morgan fingerprint density at radius 1 is 1.33 bits per heavy atom. The maximum Gasteiger partial charge on any atom is 0.226 e. The minimum Gasteiger partial charge on any atom is -0.379 e. The van der Waals surface area contributed by atoms with Gasteiger partial charge in [0, 0.05) is 37.3 Å². The van der Waals surface area contributed by atoms with E-state index in [1.807, 2.05) is 23.6 Å². The molecule has 7 heteroatoms. The Morgan fingerprint density at radius 3 is 2.85 bits per heavy atom. The number of nitrogens with one attached hydrogen (secondary N) is 1. The number of nitrogens with zero attached hydrogens (tertiary/aromatic N) is 3. The lowest BCUT2D eigenvalue weighted by Crippen LogP contribution is -2.49. The maximum absolute atomic E-state index is 12.4. The van der Waals surface area contributed by atoms with Crippen LogP contribution < -0.4 is 5.32 Å². The molecular formula is C20H28N4O2S. The Balaban J connectivity index is 1.52. The van der Waals surface area contributed by atoms with Crippen LogP contribution in [0.4, 0.5) is 0 Å². The Bertz CT molecular complexity index is 714. The summed E-state index contributed by atoms with van der Waals surface area (Å²) < 4.78 is 5.46. The molecule has 3 rings (SSSR count). The highest BCUT2D eigenvalue weighted by molar-refractivity contribution is 7.13. The molecule has 1 saturated heterocycles. The number of amides is 1. The Hall–Kier alpha value is -1.83. The number of thiazole rings is 1. The molecule has 1 N–H and O–H groups in total. The molecule has 6 nitrogen and oxygen atoms in total. The summed E-state index contributed by atoms with van der Waals surface area (Å²) in [7, 11) is 0. The van der Waals surface area contributed by atoms with Gasteiger partial charge < -0.3 is 10.1 Å². The van der Waals surface area contributed by atoms with Gasteiger partial charge in [-0.1, -0.05) is 19.9 Å². The third-order valence-corrected chi connectivity index (χ3v) is 5.53. The van der Waals surface area contributed by atoms with E-state index in [0.29, 0.717) is 24.9 Å². The molecule has 0 spiro atoms. The molecule has 3 heterocycles. The summed E-state index contributed by atoms with van der Waals surface area (Å²) in [5, 5.41) is 5.90. The van der Waals surface area contributed by atoms with Gasteiger partial charge in [-0.3, -0.25) is 14.7 Å². The predicted octanol–water partition coefficient (Wildman–Crippen LogP) is 2.61. The second kappa shape index (κ2) is 9.92. The number of aromatic nitrogens is 2. The van der Waals surface area contributed by atoms with Crippen LogP contribution >= 0.6 is 11.3 Å². The van der Waals surface area contributed by atoms with E-state index >= 15 is 0 Å². The van der Waals surface area contributed by atoms with Gasteiger partial charge in [0.25, 0.3) is 0 Å². The molecule has 2 aromatic heterocycles. The van der Waals surface area contributed by atoms with Crippen molar-refractivity contribution in [2.45, 2.75) is 32.7 Å². The van der Waals surface area contributed by atoms with Crippen molar-refractivity contribution in [2.24, 2.45) is 5.92 Å². The van der Waals surface area contributed by atoms with E-state index in [1.54, 1.807) is 6.20 Å². The molecule has 1 amide bonds. The Kier molecular flexibility index (Phi) is 7.32. The monoisotopic (exact) mass is 388 g/mol. The van der Waals surface area contributed by atoms with Gasteiger partial charge in [0.1, 0.15) is 5.01 Å². The largest absolute Gasteiger partial charge is 0.379 e. The summed E-state index contributed by atoms with van der Waals surface area (Å²) in [6.07, 6.45) is 3.13. The van der Waals surface area contributed by atoms with Gasteiger partial charge in [0.2, 0.25) is 5.91 Å². The van der Waals surface area contributed by atoms with Gasteiger partial charge >= 0.3 is 0 Å². The summed E-state index contributed by atoms with van der Waals surface area (Å²) in [6, 6.07) is 6.11. The van der Waals surface area contributed by atoms with E-state index in [1.165, 1.54) is 11.3 Å². The van der Waals surface area contributed by atoms with E-state index in [4.69, 9.17) is 4.74 Å². The van der Waals surface area contributed by atoms with Crippen molar-refractivity contribution in [1.29, 1.82) is 0 Å². The molecule has 27 heavy (non-hydrogen) atoms. The molecule has 1 aliphatic rings. The smallest absolute Gasteiger partial charge is 0.226 e. The van der Waals surface area contributed by atoms with E-state index in [0.717, 1.165) is 49.1 Å². The maximum atomic E-state index is 12.4. The molecule has 146 valence electrons. The first-order chi connectivity index (χ1) is 13.1. The van der Waals surface area contributed by atoms with Crippen LogP contribution in [-0.4, -0.2) is 59.7 Å². The van der Waals surface area contributed by atoms with Crippen molar-refractivity contribution in [1.82, 2.24) is 20.2 Å². The van der Waals surface area contributed by atoms with Crippen LogP contribution in [0.5, 0.6) is 0 Å². The van der Waals surface area contributed by atoms with Gasteiger partial charge in [-0.05, 0) is 24.5 Å². The van der Waals surface area contributed by atoms with Crippen molar-refractivity contribution in [2.75, 3.05) is 32.8 Å². The van der Waals surface area contributed by atoms with Crippen molar-refractivity contribution in [3.8, 4) is 10.7 Å². The Labute approximate surface area is 165 Å². The molecule has 1 unspecified atom stereocenters. The number of rotatable bonds is 8. The minimum atomic E-state index is 0.0230. The first-order valence-electron chi connectivity index (χ1n) is 9.56. The van der Waals surface area contributed by atoms with Crippen LogP contribution in [-0.2, 0) is 16.0 Å². The van der Waals surface area contributed by atoms with E-state index in [9.17, 15) is 4.79 Å². The lowest BCUT2D eigenvalue weighted by atomic mass is 10.0. The van der Waals surface area contributed by atoms with Crippen LogP contribution in [0.15, 0.2) is 29.8 Å². The first kappa shape index (κ1) is 19.9. The second-order valence-corrected chi connectivity index (χ2v) is 8.13. The van der Waals surface area contributed by atoms with Crippen LogP contribution in [0.3, 0.4) is 0 Å². The SMILES string of the molecule is CC(C)CC(CNC(=O)Cc1csc(-c2ccccn2)n1)N1CCOCC1. The van der Waals surface area contributed by atoms with Crippen molar-refractivity contribution in [3.05, 3.63) is 35.5 Å². The minimum absolute atomic E-state index is 0.0230. The molecule has 0 saturated carbocycles. The standard InChI is InChI=1S/C20H28N4O2S/c1-15(2)11-17(24-7-9-26-10-8-24)13-22-19(25)12-16-14-27-20(23-16)18-5-3-4-6-21-18/h3-6,14-15,17H,7-13H2,1-2H3,(H,22,25). The van der Waals surface area contributed by atoms with Gasteiger partial charge in [0.15, 0.2) is 0 Å². The fourth-order valence-corrected chi connectivity index (χ4v) is 4.10. The van der Waals surface area contributed by atoms with Crippen LogP contribution in [0.25, 0.3) is 10.7 Å². The fraction of sp³-hybridized carbons (Fsp3) is 0.550. The zero-order valence-electron chi connectivity index (χ0n) is 16.1. The molecule has 1 atom stereocenters. The number of ether oxygens (including phenoxy) is 1. The molecule has 1 aliphatic heterocycles. The molecule has 0 radical (unpaired) electrons. The molecule has 2 aromatic rings. The quantitative estimate of drug-likeness (QED) is 0.753. The van der Waals surface area contributed by atoms with Gasteiger partial charge in [-0.15, -0.1) is 11.3 Å². The lowest BCUT2D eigenvalue weighted by molar-refractivity contribution is -0.120. The van der Waals surface area contributed by atoms with Crippen molar-refractivity contribution in [3.63, 3.8) is 0 Å². The number of pyridine rings is 1. The van der Waals surface area contributed by atoms with Crippen LogP contribution in [0.2, 0.25) is 0 Å². The molecule has 0 aliphatic carbocycles. The van der Waals surface area contributed by atoms with E-state index in [2.05, 4.69) is 34.0 Å². The van der Waals surface area contributed by atoms with E-state index < -0.39 is 0 Å². The normalized spacial score (nSPS) is 16.4. The molecular weight excluding hydrogens is 360 g/mol. The Morgan fingerprint density at radius 2 is 2.15 bits per heavy atom. The van der Waals surface area contributed by atoms with Crippen molar-refractivity contribution >= 4 is 17.2 Å². The number of morpholine rings is 1. The summed E-state index contributed by atoms with van der Waals surface area (Å²) in [5.41, 5.74) is 1.64. The highest BCUT2D eigenvalue weighted by Crippen LogP contribution is 2.21. The predicted molar refractivity (Wildman–Crippen MR) is 108 cm³/mol. The number of carbonyl (C=O) groups is 1. The van der Waals surface area contributed by atoms with Crippen molar-refractivity contribution < 1.29 is 9.53 Å². The summed E-state index contributed by atoms with van der Waals surface area (Å²) in [4.78, 5) is 23.7. The van der Waals surface area contributed by atoms with Crippen LogP contribution in [0, 0.1) is 5.92 Å². The lowest BCUT2D eigenvalue weighted by Gasteiger charge is -2.35. The van der Waals surface area contributed by atoms with Crippen LogP contribution in [0.1, 0.15) is 26.0 Å². The zero-order chi connectivity index (χ0) is 19.1. The van der Waals surface area contributed by atoms with Gasteiger partial charge in [-0.2, -0.15) is 0 Å². The molecule has 1 fully saturated rings. The summed E-state index contributed by atoms with van der Waals surface area (Å²) >= 11 is 1.52. The third kappa shape index (κ3) is 6.09. The number of hydrogen-bond acceptors (Lipinski definition) is 6. The first-order valence-corrected chi connectivity index (χ1v) is 10.4. The number of carbonyl (C=O) groups excluding carboxylic acids is 1. The zero-order valence-corrected chi connectivity index (χ0v) is 16.9. The summed E-state index contributed by atoms with van der Waals surface area (Å²) in [5.74, 6) is 0.615. The highest BCUT2D eigenvalue weighted by atomic mass is 32.1. The second-order valence-electron chi connectivity index (χ2n) is 7.27. The molecule has 0 aromatic carbocycles. The third-order valence-electron chi connectivity index (χ3n) is 4.62. The molecule has 0 bridgehead atoms.